The standard InChI is InChI=1S/C20H29N3O3S.HI/c1-2-21-20(22-11-7-13-25-16-19-10-6-14-26-19)23-12-15-27(24)17-18-8-4-3-5-9-18;/h3-6,8-10,14H,2,7,11-13,15-17H2,1H3,(H2,21,22,23);1H. The zero-order chi connectivity index (χ0) is 19.2. The van der Waals surface area contributed by atoms with Gasteiger partial charge in [-0.3, -0.25) is 9.20 Å². The molecule has 0 aliphatic carbocycles. The number of ether oxygens (including phenoxy) is 1. The molecule has 0 aliphatic heterocycles. The Labute approximate surface area is 187 Å². The lowest BCUT2D eigenvalue weighted by atomic mass is 10.2. The van der Waals surface area contributed by atoms with E-state index in [1.807, 2.05) is 49.4 Å². The first-order valence-corrected chi connectivity index (χ1v) is 10.8. The summed E-state index contributed by atoms with van der Waals surface area (Å²) < 4.78 is 22.9. The normalized spacial score (nSPS) is 12.2. The first-order chi connectivity index (χ1) is 13.3. The molecule has 0 saturated heterocycles. The molecular weight excluding hydrogens is 489 g/mol. The number of furan rings is 1. The molecule has 1 aromatic carbocycles. The van der Waals surface area contributed by atoms with Gasteiger partial charge in [-0.15, -0.1) is 24.0 Å². The molecule has 2 aromatic rings. The van der Waals surface area contributed by atoms with Gasteiger partial charge in [0.2, 0.25) is 0 Å². The summed E-state index contributed by atoms with van der Waals surface area (Å²) in [5.41, 5.74) is 1.10. The van der Waals surface area contributed by atoms with Crippen LogP contribution in [0, 0.1) is 0 Å². The summed E-state index contributed by atoms with van der Waals surface area (Å²) >= 11 is 0. The van der Waals surface area contributed by atoms with Crippen molar-refractivity contribution in [1.82, 2.24) is 10.6 Å². The number of aliphatic imine (C=N–C) groups is 1. The highest BCUT2D eigenvalue weighted by atomic mass is 127. The minimum atomic E-state index is -0.890. The summed E-state index contributed by atoms with van der Waals surface area (Å²) in [6.07, 6.45) is 2.47. The number of hydrogen-bond acceptors (Lipinski definition) is 4. The Bertz CT molecular complexity index is 681. The van der Waals surface area contributed by atoms with E-state index in [-0.39, 0.29) is 24.0 Å². The predicted molar refractivity (Wildman–Crippen MR) is 126 cm³/mol. The smallest absolute Gasteiger partial charge is 0.191 e. The third-order valence-corrected chi connectivity index (χ3v) is 4.99. The first-order valence-electron chi connectivity index (χ1n) is 9.29. The molecule has 0 aliphatic rings. The van der Waals surface area contributed by atoms with Gasteiger partial charge in [0, 0.05) is 48.5 Å². The Morgan fingerprint density at radius 1 is 1.18 bits per heavy atom. The quantitative estimate of drug-likeness (QED) is 0.195. The van der Waals surface area contributed by atoms with E-state index in [2.05, 4.69) is 15.6 Å². The Kier molecular flexibility index (Phi) is 13.7. The van der Waals surface area contributed by atoms with Crippen LogP contribution in [0.5, 0.6) is 0 Å². The number of hydrogen-bond donors (Lipinski definition) is 2. The van der Waals surface area contributed by atoms with Crippen molar-refractivity contribution in [3.05, 3.63) is 60.1 Å². The van der Waals surface area contributed by atoms with Crippen molar-refractivity contribution in [3.63, 3.8) is 0 Å². The van der Waals surface area contributed by atoms with Crippen molar-refractivity contribution in [2.45, 2.75) is 25.7 Å². The number of guanidine groups is 1. The van der Waals surface area contributed by atoms with Gasteiger partial charge in [0.15, 0.2) is 5.96 Å². The summed E-state index contributed by atoms with van der Waals surface area (Å²) in [6, 6.07) is 13.7. The van der Waals surface area contributed by atoms with Crippen molar-refractivity contribution in [3.8, 4) is 0 Å². The number of nitrogens with one attached hydrogen (secondary N) is 2. The molecule has 1 unspecified atom stereocenters. The van der Waals surface area contributed by atoms with Crippen LogP contribution in [0.1, 0.15) is 24.7 Å². The maximum Gasteiger partial charge on any atom is 0.191 e. The minimum absolute atomic E-state index is 0. The molecule has 1 atom stereocenters. The molecule has 1 heterocycles. The fraction of sp³-hybridized carbons (Fsp3) is 0.450. The van der Waals surface area contributed by atoms with Gasteiger partial charge in [0.25, 0.3) is 0 Å². The number of rotatable bonds is 12. The minimum Gasteiger partial charge on any atom is -0.467 e. The molecule has 0 fully saturated rings. The summed E-state index contributed by atoms with van der Waals surface area (Å²) in [4.78, 5) is 4.52. The van der Waals surface area contributed by atoms with Gasteiger partial charge in [-0.1, -0.05) is 30.3 Å². The van der Waals surface area contributed by atoms with E-state index in [1.54, 1.807) is 6.26 Å². The molecule has 0 spiro atoms. The van der Waals surface area contributed by atoms with Crippen LogP contribution in [0.4, 0.5) is 0 Å². The molecule has 0 bridgehead atoms. The van der Waals surface area contributed by atoms with E-state index >= 15 is 0 Å². The number of halogens is 1. The summed E-state index contributed by atoms with van der Waals surface area (Å²) in [5.74, 6) is 2.76. The van der Waals surface area contributed by atoms with Crippen LogP contribution in [0.15, 0.2) is 58.1 Å². The van der Waals surface area contributed by atoms with Crippen molar-refractivity contribution in [2.24, 2.45) is 4.99 Å². The topological polar surface area (TPSA) is 75.9 Å². The fourth-order valence-electron chi connectivity index (χ4n) is 2.38. The van der Waals surface area contributed by atoms with Gasteiger partial charge < -0.3 is 19.8 Å². The largest absolute Gasteiger partial charge is 0.467 e. The second-order valence-electron chi connectivity index (χ2n) is 5.95. The van der Waals surface area contributed by atoms with Gasteiger partial charge in [0.1, 0.15) is 12.4 Å². The number of benzene rings is 1. The van der Waals surface area contributed by atoms with Crippen LogP contribution in [-0.2, 0) is 27.9 Å². The van der Waals surface area contributed by atoms with E-state index in [4.69, 9.17) is 9.15 Å². The molecule has 156 valence electrons. The zero-order valence-corrected chi connectivity index (χ0v) is 19.4. The molecule has 2 N–H and O–H groups in total. The molecule has 6 nitrogen and oxygen atoms in total. The second kappa shape index (κ2) is 15.5. The molecule has 2 rings (SSSR count). The zero-order valence-electron chi connectivity index (χ0n) is 16.3. The monoisotopic (exact) mass is 519 g/mol. The summed E-state index contributed by atoms with van der Waals surface area (Å²) in [5, 5.41) is 6.44. The number of nitrogens with zero attached hydrogens (tertiary/aromatic N) is 1. The lowest BCUT2D eigenvalue weighted by Gasteiger charge is -2.11. The van der Waals surface area contributed by atoms with Crippen LogP contribution in [0.3, 0.4) is 0 Å². The molecule has 0 radical (unpaired) electrons. The second-order valence-corrected chi connectivity index (χ2v) is 7.52. The van der Waals surface area contributed by atoms with Gasteiger partial charge in [-0.2, -0.15) is 0 Å². The Hall–Kier alpha value is -1.39. The van der Waals surface area contributed by atoms with E-state index in [1.165, 1.54) is 0 Å². The Morgan fingerprint density at radius 3 is 2.71 bits per heavy atom. The lowest BCUT2D eigenvalue weighted by Crippen LogP contribution is -2.39. The van der Waals surface area contributed by atoms with Gasteiger partial charge >= 0.3 is 0 Å². The molecule has 28 heavy (non-hydrogen) atoms. The molecule has 8 heteroatoms. The lowest BCUT2D eigenvalue weighted by molar-refractivity contribution is 0.105. The third kappa shape index (κ3) is 10.8. The predicted octanol–water partition coefficient (Wildman–Crippen LogP) is 3.31. The van der Waals surface area contributed by atoms with Crippen LogP contribution in [-0.4, -0.2) is 42.2 Å². The molecule has 0 saturated carbocycles. The van der Waals surface area contributed by atoms with Crippen molar-refractivity contribution >= 4 is 40.7 Å². The summed E-state index contributed by atoms with van der Waals surface area (Å²) in [7, 11) is -0.890. The van der Waals surface area contributed by atoms with Crippen LogP contribution >= 0.6 is 24.0 Å². The highest BCUT2D eigenvalue weighted by molar-refractivity contribution is 14.0. The van der Waals surface area contributed by atoms with Gasteiger partial charge in [-0.25, -0.2) is 0 Å². The highest BCUT2D eigenvalue weighted by Gasteiger charge is 2.03. The maximum absolute atomic E-state index is 12.2. The molecular formula is C20H30IN3O3S. The highest BCUT2D eigenvalue weighted by Crippen LogP contribution is 2.03. The van der Waals surface area contributed by atoms with Crippen LogP contribution < -0.4 is 10.6 Å². The maximum atomic E-state index is 12.2. The third-order valence-electron chi connectivity index (χ3n) is 3.68. The van der Waals surface area contributed by atoms with E-state index in [9.17, 15) is 4.21 Å². The SMILES string of the molecule is CCNC(=NCCCOCc1ccco1)NCCS(=O)Cc1ccccc1.I. The van der Waals surface area contributed by atoms with Crippen LogP contribution in [0.25, 0.3) is 0 Å². The van der Waals surface area contributed by atoms with Crippen molar-refractivity contribution in [2.75, 3.05) is 32.0 Å². The Balaban J connectivity index is 0.00000392. The fourth-order valence-corrected chi connectivity index (χ4v) is 3.42. The van der Waals surface area contributed by atoms with Crippen LogP contribution in [0.2, 0.25) is 0 Å². The van der Waals surface area contributed by atoms with Gasteiger partial charge in [-0.05, 0) is 31.0 Å². The van der Waals surface area contributed by atoms with Crippen molar-refractivity contribution < 1.29 is 13.4 Å². The Morgan fingerprint density at radius 2 is 2.00 bits per heavy atom. The van der Waals surface area contributed by atoms with E-state index < -0.39 is 10.8 Å². The van der Waals surface area contributed by atoms with Gasteiger partial charge in [0.05, 0.1) is 6.26 Å². The average Bonchev–Trinajstić information content (AvgIpc) is 3.18. The first kappa shape index (κ1) is 24.6. The molecule has 1 aromatic heterocycles. The average molecular weight is 519 g/mol. The van der Waals surface area contributed by atoms with E-state index in [0.717, 1.165) is 30.2 Å². The summed E-state index contributed by atoms with van der Waals surface area (Å²) in [6.45, 7) is 5.22. The van der Waals surface area contributed by atoms with E-state index in [0.29, 0.717) is 37.8 Å². The molecule has 0 amide bonds. The van der Waals surface area contributed by atoms with Crippen molar-refractivity contribution in [1.29, 1.82) is 0 Å².